The van der Waals surface area contributed by atoms with E-state index < -0.39 is 16.6 Å². The van der Waals surface area contributed by atoms with Gasteiger partial charge in [0.25, 0.3) is 5.69 Å². The zero-order valence-corrected chi connectivity index (χ0v) is 10.4. The minimum Gasteiger partial charge on any atom is -0.493 e. The first kappa shape index (κ1) is 14.2. The highest BCUT2D eigenvalue weighted by molar-refractivity contribution is 6.33. The maximum atomic E-state index is 11.0. The lowest BCUT2D eigenvalue weighted by Crippen LogP contribution is -2.05. The number of halogens is 1. The number of hydrogen-bond acceptors (Lipinski definition) is 4. The summed E-state index contributed by atoms with van der Waals surface area (Å²) in [4.78, 5) is 20.9. The minimum absolute atomic E-state index is 0.0477. The van der Waals surface area contributed by atoms with Crippen LogP contribution in [0, 0.1) is 10.1 Å². The summed E-state index contributed by atoms with van der Waals surface area (Å²) < 4.78 is 5.27. The molecule has 0 bridgehead atoms. The third-order valence-corrected chi connectivity index (χ3v) is 2.53. The van der Waals surface area contributed by atoms with Crippen molar-refractivity contribution in [3.63, 3.8) is 0 Å². The topological polar surface area (TPSA) is 89.7 Å². The Hall–Kier alpha value is -1.82. The molecule has 0 saturated carbocycles. The molecule has 98 valence electrons. The van der Waals surface area contributed by atoms with Crippen molar-refractivity contribution in [1.82, 2.24) is 0 Å². The average Bonchev–Trinajstić information content (AvgIpc) is 2.28. The van der Waals surface area contributed by atoms with Gasteiger partial charge in [-0.15, -0.1) is 0 Å². The molecule has 0 heterocycles. The van der Waals surface area contributed by atoms with Gasteiger partial charge in [0.15, 0.2) is 0 Å². The minimum atomic E-state index is -1.29. The van der Waals surface area contributed by atoms with Gasteiger partial charge < -0.3 is 9.84 Å². The van der Waals surface area contributed by atoms with Crippen LogP contribution in [0.5, 0.6) is 5.75 Å². The molecule has 0 spiro atoms. The molecule has 6 nitrogen and oxygen atoms in total. The molecule has 0 aromatic heterocycles. The van der Waals surface area contributed by atoms with Crippen molar-refractivity contribution in [1.29, 1.82) is 0 Å². The van der Waals surface area contributed by atoms with Gasteiger partial charge in [-0.1, -0.05) is 24.9 Å². The SMILES string of the molecule is CCCCOc1cc(Cl)c([N+](=O)[O-])cc1C(=O)O. The van der Waals surface area contributed by atoms with Crippen molar-refractivity contribution in [3.05, 3.63) is 32.8 Å². The average molecular weight is 274 g/mol. The highest BCUT2D eigenvalue weighted by atomic mass is 35.5. The number of carbonyl (C=O) groups is 1. The molecular weight excluding hydrogens is 262 g/mol. The molecule has 0 atom stereocenters. The van der Waals surface area contributed by atoms with Crippen LogP contribution in [0.25, 0.3) is 0 Å². The normalized spacial score (nSPS) is 10.1. The first-order valence-corrected chi connectivity index (χ1v) is 5.69. The number of carboxylic acid groups (broad SMARTS) is 1. The molecule has 0 amide bonds. The second-order valence-electron chi connectivity index (χ2n) is 3.56. The lowest BCUT2D eigenvalue weighted by atomic mass is 10.2. The monoisotopic (exact) mass is 273 g/mol. The third kappa shape index (κ3) is 3.33. The number of aromatic carboxylic acids is 1. The summed E-state index contributed by atoms with van der Waals surface area (Å²) in [5.74, 6) is -1.24. The van der Waals surface area contributed by atoms with Gasteiger partial charge >= 0.3 is 5.97 Å². The quantitative estimate of drug-likeness (QED) is 0.488. The van der Waals surface area contributed by atoms with E-state index in [0.29, 0.717) is 6.61 Å². The molecule has 0 aliphatic carbocycles. The molecule has 18 heavy (non-hydrogen) atoms. The fraction of sp³-hybridized carbons (Fsp3) is 0.364. The molecule has 0 unspecified atom stereocenters. The van der Waals surface area contributed by atoms with E-state index in [-0.39, 0.29) is 16.3 Å². The Morgan fingerprint density at radius 2 is 2.22 bits per heavy atom. The molecule has 1 N–H and O–H groups in total. The Morgan fingerprint density at radius 3 is 2.72 bits per heavy atom. The van der Waals surface area contributed by atoms with Gasteiger partial charge in [0.05, 0.1) is 11.5 Å². The summed E-state index contributed by atoms with van der Waals surface area (Å²) in [6.45, 7) is 2.30. The lowest BCUT2D eigenvalue weighted by Gasteiger charge is -2.09. The van der Waals surface area contributed by atoms with E-state index in [0.717, 1.165) is 18.9 Å². The van der Waals surface area contributed by atoms with Crippen molar-refractivity contribution in [2.45, 2.75) is 19.8 Å². The maximum Gasteiger partial charge on any atom is 0.339 e. The van der Waals surface area contributed by atoms with Crippen LogP contribution in [-0.4, -0.2) is 22.6 Å². The van der Waals surface area contributed by atoms with Crippen molar-refractivity contribution >= 4 is 23.3 Å². The number of nitrogens with zero attached hydrogens (tertiary/aromatic N) is 1. The predicted octanol–water partition coefficient (Wildman–Crippen LogP) is 3.13. The van der Waals surface area contributed by atoms with Crippen molar-refractivity contribution in [3.8, 4) is 5.75 Å². The van der Waals surface area contributed by atoms with E-state index in [1.165, 1.54) is 6.07 Å². The van der Waals surface area contributed by atoms with Gasteiger partial charge in [-0.2, -0.15) is 0 Å². The lowest BCUT2D eigenvalue weighted by molar-refractivity contribution is -0.384. The standard InChI is InChI=1S/C11H12ClNO5/c1-2-3-4-18-10-6-8(12)9(13(16)17)5-7(10)11(14)15/h5-6H,2-4H2,1H3,(H,14,15). The smallest absolute Gasteiger partial charge is 0.339 e. The number of rotatable bonds is 6. The number of hydrogen-bond donors (Lipinski definition) is 1. The van der Waals surface area contributed by atoms with Gasteiger partial charge in [0, 0.05) is 12.1 Å². The van der Waals surface area contributed by atoms with E-state index in [2.05, 4.69) is 0 Å². The van der Waals surface area contributed by atoms with Crippen LogP contribution in [-0.2, 0) is 0 Å². The third-order valence-electron chi connectivity index (χ3n) is 2.23. The second-order valence-corrected chi connectivity index (χ2v) is 3.97. The van der Waals surface area contributed by atoms with Gasteiger partial charge in [0.1, 0.15) is 16.3 Å². The highest BCUT2D eigenvalue weighted by Crippen LogP contribution is 2.32. The summed E-state index contributed by atoms with van der Waals surface area (Å²) in [6.07, 6.45) is 1.65. The molecule has 0 radical (unpaired) electrons. The summed E-state index contributed by atoms with van der Waals surface area (Å²) >= 11 is 5.70. The van der Waals surface area contributed by atoms with E-state index in [1.54, 1.807) is 0 Å². The van der Waals surface area contributed by atoms with E-state index in [1.807, 2.05) is 6.92 Å². The Kier molecular flexibility index (Phi) is 4.91. The first-order valence-electron chi connectivity index (χ1n) is 5.31. The number of carboxylic acids is 1. The number of nitro benzene ring substituents is 1. The zero-order valence-electron chi connectivity index (χ0n) is 9.68. The molecule has 0 aliphatic heterocycles. The van der Waals surface area contributed by atoms with Crippen LogP contribution < -0.4 is 4.74 Å². The van der Waals surface area contributed by atoms with Crippen LogP contribution in [0.2, 0.25) is 5.02 Å². The predicted molar refractivity (Wildman–Crippen MR) is 65.5 cm³/mol. The van der Waals surface area contributed by atoms with Crippen molar-refractivity contribution in [2.24, 2.45) is 0 Å². The molecule has 0 fully saturated rings. The zero-order chi connectivity index (χ0) is 13.7. The van der Waals surface area contributed by atoms with E-state index in [4.69, 9.17) is 21.4 Å². The molecule has 7 heteroatoms. The second kappa shape index (κ2) is 6.20. The van der Waals surface area contributed by atoms with Gasteiger partial charge in [-0.25, -0.2) is 4.79 Å². The number of unbranched alkanes of at least 4 members (excludes halogenated alkanes) is 1. The summed E-state index contributed by atoms with van der Waals surface area (Å²) in [7, 11) is 0. The van der Waals surface area contributed by atoms with Gasteiger partial charge in [0.2, 0.25) is 0 Å². The Bertz CT molecular complexity index is 475. The van der Waals surface area contributed by atoms with Gasteiger partial charge in [-0.05, 0) is 6.42 Å². The largest absolute Gasteiger partial charge is 0.493 e. The van der Waals surface area contributed by atoms with E-state index >= 15 is 0 Å². The van der Waals surface area contributed by atoms with Crippen LogP contribution in [0.3, 0.4) is 0 Å². The molecule has 1 rings (SSSR count). The van der Waals surface area contributed by atoms with Crippen LogP contribution >= 0.6 is 11.6 Å². The van der Waals surface area contributed by atoms with Crippen molar-refractivity contribution < 1.29 is 19.6 Å². The van der Waals surface area contributed by atoms with Crippen LogP contribution in [0.4, 0.5) is 5.69 Å². The molecular formula is C11H12ClNO5. The van der Waals surface area contributed by atoms with Crippen LogP contribution in [0.1, 0.15) is 30.1 Å². The molecule has 1 aromatic carbocycles. The van der Waals surface area contributed by atoms with E-state index in [9.17, 15) is 14.9 Å². The maximum absolute atomic E-state index is 11.0. The summed E-state index contributed by atoms with van der Waals surface area (Å²) in [6, 6.07) is 2.07. The number of benzene rings is 1. The fourth-order valence-electron chi connectivity index (χ4n) is 1.30. The molecule has 0 saturated heterocycles. The van der Waals surface area contributed by atoms with Crippen LogP contribution in [0.15, 0.2) is 12.1 Å². The Labute approximate surface area is 108 Å². The summed E-state index contributed by atoms with van der Waals surface area (Å²) in [5.41, 5.74) is -0.709. The Morgan fingerprint density at radius 1 is 1.56 bits per heavy atom. The summed E-state index contributed by atoms with van der Waals surface area (Å²) in [5, 5.41) is 19.5. The molecule has 1 aromatic rings. The Balaban J connectivity index is 3.12. The number of ether oxygens (including phenoxy) is 1. The molecule has 0 aliphatic rings. The highest BCUT2D eigenvalue weighted by Gasteiger charge is 2.21. The first-order chi connectivity index (χ1) is 8.47. The number of nitro groups is 1. The fourth-order valence-corrected chi connectivity index (χ4v) is 1.52. The van der Waals surface area contributed by atoms with Gasteiger partial charge in [-0.3, -0.25) is 10.1 Å². The van der Waals surface area contributed by atoms with Crippen molar-refractivity contribution in [2.75, 3.05) is 6.61 Å².